The fraction of sp³-hybridized carbons (Fsp3) is 0.225. The number of nitrogens with one attached hydrogen (secondary N) is 1. The molecule has 2 aromatic heterocycles. The van der Waals surface area contributed by atoms with Gasteiger partial charge >= 0.3 is 0 Å². The van der Waals surface area contributed by atoms with Crippen molar-refractivity contribution < 1.29 is 38.6 Å². The van der Waals surface area contributed by atoms with Crippen LogP contribution in [-0.4, -0.2) is 86.7 Å². The summed E-state index contributed by atoms with van der Waals surface area (Å²) in [6.45, 7) is 1.08. The molecule has 0 radical (unpaired) electrons. The highest BCUT2D eigenvalue weighted by Gasteiger charge is 2.44. The van der Waals surface area contributed by atoms with E-state index in [1.54, 1.807) is 18.5 Å². The van der Waals surface area contributed by atoms with Crippen molar-refractivity contribution in [3.05, 3.63) is 114 Å². The molecule has 1 fully saturated rings. The van der Waals surface area contributed by atoms with Crippen molar-refractivity contribution in [2.75, 3.05) is 26.4 Å². The number of ether oxygens (including phenoxy) is 3. The van der Waals surface area contributed by atoms with Gasteiger partial charge in [0.15, 0.2) is 0 Å². The number of benzene rings is 3. The second-order valence-corrected chi connectivity index (χ2v) is 12.9. The summed E-state index contributed by atoms with van der Waals surface area (Å²) in [7, 11) is 0. The summed E-state index contributed by atoms with van der Waals surface area (Å²) >= 11 is 0. The number of aromatic nitrogens is 3. The van der Waals surface area contributed by atoms with E-state index in [1.807, 2.05) is 59.4 Å². The van der Waals surface area contributed by atoms with E-state index < -0.39 is 29.7 Å². The molecular formula is C40H34N6O8. The molecule has 2 aliphatic heterocycles. The van der Waals surface area contributed by atoms with Gasteiger partial charge in [-0.3, -0.25) is 34.4 Å². The molecule has 14 nitrogen and oxygen atoms in total. The minimum atomic E-state index is -1.02. The Morgan fingerprint density at radius 2 is 1.46 bits per heavy atom. The molecule has 4 heterocycles. The molecule has 4 amide bonds. The molecule has 3 aliphatic rings. The van der Waals surface area contributed by atoms with Gasteiger partial charge < -0.3 is 19.4 Å². The molecule has 1 atom stereocenters. The number of aryl methyl sites for hydroxylation is 1. The number of amides is 4. The smallest absolute Gasteiger partial charge is 0.262 e. The van der Waals surface area contributed by atoms with Crippen LogP contribution in [0.4, 0.5) is 0 Å². The van der Waals surface area contributed by atoms with E-state index in [1.165, 1.54) is 12.1 Å². The Labute approximate surface area is 309 Å². The zero-order valence-corrected chi connectivity index (χ0v) is 28.9. The minimum absolute atomic E-state index is 0.0557. The normalized spacial score (nSPS) is 17.1. The Morgan fingerprint density at radius 3 is 2.22 bits per heavy atom. The van der Waals surface area contributed by atoms with Crippen molar-refractivity contribution in [2.24, 2.45) is 5.16 Å². The lowest BCUT2D eigenvalue weighted by atomic mass is 9.98. The van der Waals surface area contributed by atoms with E-state index in [9.17, 15) is 24.4 Å². The largest absolute Gasteiger partial charge is 0.491 e. The minimum Gasteiger partial charge on any atom is -0.491 e. The molecule has 272 valence electrons. The van der Waals surface area contributed by atoms with Gasteiger partial charge in [-0.1, -0.05) is 23.4 Å². The van der Waals surface area contributed by atoms with Gasteiger partial charge in [0, 0.05) is 41.7 Å². The highest BCUT2D eigenvalue weighted by molar-refractivity contribution is 6.23. The number of hydrogen-bond acceptors (Lipinski definition) is 11. The molecule has 14 heteroatoms. The topological polar surface area (TPSA) is 175 Å². The second kappa shape index (κ2) is 14.8. The zero-order chi connectivity index (χ0) is 37.2. The van der Waals surface area contributed by atoms with Crippen molar-refractivity contribution in [2.45, 2.75) is 31.7 Å². The van der Waals surface area contributed by atoms with Crippen LogP contribution in [0.15, 0.2) is 96.5 Å². The van der Waals surface area contributed by atoms with Crippen LogP contribution in [0.5, 0.6) is 11.5 Å². The van der Waals surface area contributed by atoms with Crippen LogP contribution in [0.25, 0.3) is 28.1 Å². The third-order valence-electron chi connectivity index (χ3n) is 9.65. The molecule has 1 unspecified atom stereocenters. The molecule has 3 aromatic carbocycles. The lowest BCUT2D eigenvalue weighted by Gasteiger charge is -2.27. The lowest BCUT2D eigenvalue weighted by molar-refractivity contribution is -0.136. The number of piperidine rings is 1. The van der Waals surface area contributed by atoms with Crippen molar-refractivity contribution in [1.29, 1.82) is 0 Å². The quantitative estimate of drug-likeness (QED) is 0.0801. The first-order valence-corrected chi connectivity index (χ1v) is 17.5. The van der Waals surface area contributed by atoms with Gasteiger partial charge in [0.05, 0.1) is 35.7 Å². The highest BCUT2D eigenvalue weighted by Crippen LogP contribution is 2.35. The van der Waals surface area contributed by atoms with E-state index >= 15 is 0 Å². The summed E-state index contributed by atoms with van der Waals surface area (Å²) in [6, 6.07) is 21.2. The van der Waals surface area contributed by atoms with Crippen LogP contribution in [0.3, 0.4) is 0 Å². The summed E-state index contributed by atoms with van der Waals surface area (Å²) in [5.41, 5.74) is 7.78. The van der Waals surface area contributed by atoms with Crippen LogP contribution < -0.4 is 14.8 Å². The van der Waals surface area contributed by atoms with E-state index in [2.05, 4.69) is 21.5 Å². The number of oxime groups is 1. The van der Waals surface area contributed by atoms with Gasteiger partial charge in [0.25, 0.3) is 11.8 Å². The first-order valence-electron chi connectivity index (χ1n) is 17.5. The molecule has 1 aliphatic carbocycles. The maximum atomic E-state index is 13.0. The first-order chi connectivity index (χ1) is 26.4. The van der Waals surface area contributed by atoms with Crippen LogP contribution in [0.2, 0.25) is 0 Å². The number of pyridine rings is 1. The number of rotatable bonds is 12. The average molecular weight is 727 g/mol. The molecule has 0 saturated carbocycles. The third kappa shape index (κ3) is 6.70. The number of carbonyl (C=O) groups excluding carboxylic acids is 4. The number of fused-ring (bicyclic) bond motifs is 2. The predicted octanol–water partition coefficient (Wildman–Crippen LogP) is 4.60. The van der Waals surface area contributed by atoms with Gasteiger partial charge in [0.1, 0.15) is 36.4 Å². The van der Waals surface area contributed by atoms with Gasteiger partial charge in [0.2, 0.25) is 11.8 Å². The summed E-state index contributed by atoms with van der Waals surface area (Å²) in [6.07, 6.45) is 7.18. The monoisotopic (exact) mass is 726 g/mol. The molecule has 1 saturated heterocycles. The third-order valence-corrected chi connectivity index (χ3v) is 9.65. The fourth-order valence-corrected chi connectivity index (χ4v) is 6.96. The molecule has 0 spiro atoms. The Balaban J connectivity index is 0.835. The van der Waals surface area contributed by atoms with E-state index in [4.69, 9.17) is 19.3 Å². The number of imide groups is 2. The standard InChI is InChI=1S/C40H34N6O8/c47-36-12-11-35(38(48)42-36)46-39(49)31-9-7-29(22-32(31)40(46)50)54-20-18-52-17-19-53-28-5-3-27(4-6-28)45-23-33(37(43-45)24-13-15-41-16-14-24)26-1-8-30-25(21-26)2-10-34(30)44-51/h1,3-9,13-16,21-23,35,51H,2,10-12,17-20H2,(H,42,47,48). The van der Waals surface area contributed by atoms with Crippen LogP contribution in [0, 0.1) is 0 Å². The van der Waals surface area contributed by atoms with Crippen molar-refractivity contribution in [3.63, 3.8) is 0 Å². The molecule has 2 N–H and O–H groups in total. The van der Waals surface area contributed by atoms with E-state index in [0.717, 1.165) is 50.5 Å². The van der Waals surface area contributed by atoms with Crippen molar-refractivity contribution in [3.8, 4) is 39.6 Å². The molecular weight excluding hydrogens is 692 g/mol. The van der Waals surface area contributed by atoms with Crippen LogP contribution in [-0.2, 0) is 20.7 Å². The number of carbonyl (C=O) groups is 4. The van der Waals surface area contributed by atoms with Crippen molar-refractivity contribution in [1.82, 2.24) is 25.0 Å². The van der Waals surface area contributed by atoms with Crippen LogP contribution in [0.1, 0.15) is 51.1 Å². The predicted molar refractivity (Wildman–Crippen MR) is 194 cm³/mol. The molecule has 54 heavy (non-hydrogen) atoms. The first kappa shape index (κ1) is 34.4. The Kier molecular flexibility index (Phi) is 9.40. The lowest BCUT2D eigenvalue weighted by Crippen LogP contribution is -2.54. The fourth-order valence-electron chi connectivity index (χ4n) is 6.96. The van der Waals surface area contributed by atoms with Gasteiger partial charge in [-0.2, -0.15) is 5.10 Å². The number of hydrogen-bond donors (Lipinski definition) is 2. The maximum Gasteiger partial charge on any atom is 0.262 e. The summed E-state index contributed by atoms with van der Waals surface area (Å²) < 4.78 is 19.1. The highest BCUT2D eigenvalue weighted by atomic mass is 16.5. The SMILES string of the molecule is O=C1CCC(N2C(=O)c3ccc(OCCOCCOc4ccc(-n5cc(-c6ccc7c(c6)CCC7=NO)c(-c6ccncc6)n5)cc4)cc3C2=O)C(=O)N1. The van der Waals surface area contributed by atoms with E-state index in [-0.39, 0.29) is 37.2 Å². The average Bonchev–Trinajstić information content (AvgIpc) is 3.89. The van der Waals surface area contributed by atoms with Gasteiger partial charge in [-0.25, -0.2) is 4.68 Å². The molecule has 0 bridgehead atoms. The maximum absolute atomic E-state index is 13.0. The molecule has 8 rings (SSSR count). The zero-order valence-electron chi connectivity index (χ0n) is 28.9. The summed E-state index contributed by atoms with van der Waals surface area (Å²) in [5, 5.41) is 20.0. The Bertz CT molecular complexity index is 2300. The summed E-state index contributed by atoms with van der Waals surface area (Å²) in [4.78, 5) is 54.8. The number of nitrogens with zero attached hydrogens (tertiary/aromatic N) is 5. The second-order valence-electron chi connectivity index (χ2n) is 12.9. The Hall–Kier alpha value is -6.67. The van der Waals surface area contributed by atoms with E-state index in [0.29, 0.717) is 36.8 Å². The Morgan fingerprint density at radius 1 is 0.741 bits per heavy atom. The summed E-state index contributed by atoms with van der Waals surface area (Å²) in [5.74, 6) is -1.19. The van der Waals surface area contributed by atoms with Gasteiger partial charge in [-0.05, 0) is 85.0 Å². The molecule has 5 aromatic rings. The van der Waals surface area contributed by atoms with Gasteiger partial charge in [-0.15, -0.1) is 0 Å². The van der Waals surface area contributed by atoms with Crippen LogP contribution >= 0.6 is 0 Å². The van der Waals surface area contributed by atoms with Crippen molar-refractivity contribution >= 4 is 29.3 Å².